The van der Waals surface area contributed by atoms with E-state index in [0.29, 0.717) is 31.8 Å². The Balaban J connectivity index is 0.00000441. The van der Waals surface area contributed by atoms with Crippen molar-refractivity contribution in [1.82, 2.24) is 0 Å². The Morgan fingerprint density at radius 3 is 2.15 bits per heavy atom. The third kappa shape index (κ3) is 8.36. The Bertz CT molecular complexity index is 730. The van der Waals surface area contributed by atoms with Crippen LogP contribution in [-0.4, -0.2) is 124 Å². The Labute approximate surface area is 258 Å². The zero-order chi connectivity index (χ0) is 28.1. The summed E-state index contributed by atoms with van der Waals surface area (Å²) in [5.41, 5.74) is 0. The molecular formula is C27H47NaO12. The zero-order valence-corrected chi connectivity index (χ0v) is 25.9. The van der Waals surface area contributed by atoms with Crippen molar-refractivity contribution in [1.29, 1.82) is 0 Å². The molecule has 13 atom stereocenters. The van der Waals surface area contributed by atoms with Gasteiger partial charge >= 0.3 is 29.6 Å². The van der Waals surface area contributed by atoms with E-state index < -0.39 is 86.3 Å². The molecule has 40 heavy (non-hydrogen) atoms. The minimum Gasteiger partial charge on any atom is -0.546 e. The number of aliphatic hydroxyl groups is 6. The van der Waals surface area contributed by atoms with Gasteiger partial charge in [-0.05, 0) is 19.8 Å². The van der Waals surface area contributed by atoms with Gasteiger partial charge in [0.25, 0.3) is 0 Å². The summed E-state index contributed by atoms with van der Waals surface area (Å²) in [6.45, 7) is 4.95. The molecule has 1 aliphatic carbocycles. The van der Waals surface area contributed by atoms with E-state index >= 15 is 0 Å². The van der Waals surface area contributed by atoms with E-state index in [0.717, 1.165) is 12.8 Å². The molecule has 0 amide bonds. The number of ether oxygens (including phenoxy) is 6. The van der Waals surface area contributed by atoms with Gasteiger partial charge in [0.1, 0.15) is 42.7 Å². The topological polar surface area (TPSA) is 177 Å². The summed E-state index contributed by atoms with van der Waals surface area (Å²) in [5.74, 6) is 0.513. The average Bonchev–Trinajstić information content (AvgIpc) is 2.95. The monoisotopic (exact) mass is 586 g/mol. The maximum Gasteiger partial charge on any atom is 1.00 e. The van der Waals surface area contributed by atoms with Gasteiger partial charge in [0.05, 0.1) is 31.0 Å². The molecule has 0 radical (unpaired) electrons. The predicted molar refractivity (Wildman–Crippen MR) is 135 cm³/mol. The van der Waals surface area contributed by atoms with E-state index in [1.54, 1.807) is 13.5 Å². The van der Waals surface area contributed by atoms with E-state index in [9.17, 15) is 30.6 Å². The van der Waals surface area contributed by atoms with Gasteiger partial charge in [-0.2, -0.15) is 6.42 Å². The fourth-order valence-electron chi connectivity index (χ4n) is 6.01. The van der Waals surface area contributed by atoms with Gasteiger partial charge < -0.3 is 59.1 Å². The largest absolute Gasteiger partial charge is 1.00 e. The second-order valence-corrected chi connectivity index (χ2v) is 11.3. The summed E-state index contributed by atoms with van der Waals surface area (Å²) in [7, 11) is 0. The van der Waals surface area contributed by atoms with Crippen LogP contribution in [0.5, 0.6) is 0 Å². The van der Waals surface area contributed by atoms with Crippen LogP contribution >= 0.6 is 0 Å². The van der Waals surface area contributed by atoms with Crippen LogP contribution in [0.1, 0.15) is 65.2 Å². The predicted octanol–water partition coefficient (Wildman–Crippen LogP) is -3.26. The molecule has 0 aromatic heterocycles. The first kappa shape index (κ1) is 35.0. The van der Waals surface area contributed by atoms with Crippen molar-refractivity contribution in [3.8, 4) is 0 Å². The first-order chi connectivity index (χ1) is 18.7. The first-order valence-electron chi connectivity index (χ1n) is 14.5. The number of rotatable bonds is 10. The molecule has 13 unspecified atom stereocenters. The van der Waals surface area contributed by atoms with Crippen LogP contribution in [-0.2, 0) is 28.4 Å². The van der Waals surface area contributed by atoms with Gasteiger partial charge in [-0.3, -0.25) is 0 Å². The van der Waals surface area contributed by atoms with Crippen LogP contribution in [0.2, 0.25) is 0 Å². The van der Waals surface area contributed by atoms with E-state index in [2.05, 4.69) is 0 Å². The average molecular weight is 587 g/mol. The standard InChI is InChI=1S/C27H47O12.Na/c1-3-16-24(39-26-22(32)21(31)19(29)14(2)36-26)17(10-12-34-16)37-27-23(33)25(20(30)18(13-28)38-27)35-11-9-15-7-5-4-6-8-15;/h11,14-33H,3-10,12-13H2,1-2H3;/q-1;+1. The summed E-state index contributed by atoms with van der Waals surface area (Å²) in [4.78, 5) is 0. The van der Waals surface area contributed by atoms with Gasteiger partial charge in [0.15, 0.2) is 12.6 Å². The third-order valence-corrected chi connectivity index (χ3v) is 8.51. The van der Waals surface area contributed by atoms with Crippen LogP contribution in [0.25, 0.3) is 0 Å². The molecule has 4 fully saturated rings. The molecule has 0 bridgehead atoms. The van der Waals surface area contributed by atoms with Crippen LogP contribution in [0, 0.1) is 12.5 Å². The summed E-state index contributed by atoms with van der Waals surface area (Å²) < 4.78 is 35.4. The molecule has 4 rings (SSSR count). The van der Waals surface area contributed by atoms with Crippen molar-refractivity contribution in [3.05, 3.63) is 6.61 Å². The minimum absolute atomic E-state index is 0. The zero-order valence-electron chi connectivity index (χ0n) is 23.9. The Morgan fingerprint density at radius 1 is 0.775 bits per heavy atom. The maximum atomic E-state index is 11.1. The van der Waals surface area contributed by atoms with Crippen molar-refractivity contribution in [2.75, 3.05) is 13.2 Å². The van der Waals surface area contributed by atoms with E-state index in [-0.39, 0.29) is 29.6 Å². The fourth-order valence-corrected chi connectivity index (χ4v) is 6.01. The van der Waals surface area contributed by atoms with Crippen molar-refractivity contribution in [2.24, 2.45) is 5.92 Å². The number of aliphatic hydroxyl groups excluding tert-OH is 6. The van der Waals surface area contributed by atoms with Crippen molar-refractivity contribution in [2.45, 2.75) is 145 Å². The molecule has 13 heteroatoms. The Kier molecular flexibility index (Phi) is 14.5. The Morgan fingerprint density at radius 2 is 1.48 bits per heavy atom. The summed E-state index contributed by atoms with van der Waals surface area (Å²) in [6.07, 6.45) is -6.62. The van der Waals surface area contributed by atoms with Crippen LogP contribution in [0.3, 0.4) is 0 Å². The van der Waals surface area contributed by atoms with Gasteiger partial charge in [-0.1, -0.05) is 44.9 Å². The second kappa shape index (κ2) is 16.6. The number of hydrogen-bond acceptors (Lipinski definition) is 12. The molecule has 3 saturated heterocycles. The summed E-state index contributed by atoms with van der Waals surface area (Å²) in [5, 5.41) is 62.4. The molecule has 3 heterocycles. The molecule has 3 aliphatic heterocycles. The van der Waals surface area contributed by atoms with Crippen molar-refractivity contribution >= 4 is 0 Å². The molecule has 12 nitrogen and oxygen atoms in total. The smallest absolute Gasteiger partial charge is 0.546 e. The molecular weight excluding hydrogens is 539 g/mol. The molecule has 0 spiro atoms. The molecule has 228 valence electrons. The third-order valence-electron chi connectivity index (χ3n) is 8.51. The summed E-state index contributed by atoms with van der Waals surface area (Å²) >= 11 is 0. The minimum atomic E-state index is -1.50. The van der Waals surface area contributed by atoms with Gasteiger partial charge in [-0.15, -0.1) is 0 Å². The van der Waals surface area contributed by atoms with Crippen LogP contribution < -0.4 is 29.6 Å². The van der Waals surface area contributed by atoms with Gasteiger partial charge in [0.2, 0.25) is 0 Å². The van der Waals surface area contributed by atoms with Crippen LogP contribution in [0.15, 0.2) is 0 Å². The summed E-state index contributed by atoms with van der Waals surface area (Å²) in [6, 6.07) is 0. The van der Waals surface area contributed by atoms with E-state index in [1.165, 1.54) is 19.3 Å². The normalized spacial score (nSPS) is 45.1. The SMILES string of the molecule is CCC1OCCC(OC2OC(CO)C(O)C(O[CH-]CC3CCCCC3)C2O)C1OC1OC(C)C(O)C(O)C1O.[Na+]. The quantitative estimate of drug-likeness (QED) is 0.112. The molecule has 1 saturated carbocycles. The molecule has 0 aromatic rings. The van der Waals surface area contributed by atoms with Gasteiger partial charge in [-0.25, -0.2) is 6.61 Å². The van der Waals surface area contributed by atoms with Crippen molar-refractivity contribution in [3.63, 3.8) is 0 Å². The second-order valence-electron chi connectivity index (χ2n) is 11.3. The van der Waals surface area contributed by atoms with Crippen molar-refractivity contribution < 1.29 is 88.6 Å². The number of hydrogen-bond donors (Lipinski definition) is 6. The van der Waals surface area contributed by atoms with E-state index in [1.807, 2.05) is 6.92 Å². The van der Waals surface area contributed by atoms with E-state index in [4.69, 9.17) is 28.4 Å². The molecule has 4 aliphatic rings. The molecule has 0 aromatic carbocycles. The maximum absolute atomic E-state index is 11.1. The first-order valence-corrected chi connectivity index (χ1v) is 14.5. The van der Waals surface area contributed by atoms with Gasteiger partial charge in [0, 0.05) is 6.61 Å². The Hall–Kier alpha value is 0.520. The molecule has 6 N–H and O–H groups in total. The van der Waals surface area contributed by atoms with Crippen LogP contribution in [0.4, 0.5) is 0 Å². The fraction of sp³-hybridized carbons (Fsp3) is 0.963.